The third-order valence-electron chi connectivity index (χ3n) is 12.8. The average molecular weight is 1000 g/mol. The third kappa shape index (κ3) is 57.2. The standard InChI is InChI=1S/C66H112O6/c1-4-7-10-13-16-19-21-23-25-27-29-30-31-32-33-34-35-36-38-39-41-43-45-47-50-53-56-59-65(68)71-62-63(61-70-64(67)58-55-52-49-18-15-12-9-6-3)72-66(69)60-57-54-51-48-46-44-42-40-37-28-26-24-22-20-17-14-11-8-5-2/h8,11,17,20-21,23-24,26-27,29,31-32,37,40,44,46,63H,4-7,9-10,12-16,18-19,22,25,28,30,33-36,38-39,41-43,45,47-62H2,1-3H3/b11-8-,20-17-,23-21-,26-24-,29-27-,32-31-,40-37-,46-44-. The Hall–Kier alpha value is -3.67. The van der Waals surface area contributed by atoms with E-state index in [0.29, 0.717) is 12.8 Å². The van der Waals surface area contributed by atoms with E-state index in [1.54, 1.807) is 0 Å². The van der Waals surface area contributed by atoms with E-state index in [9.17, 15) is 14.4 Å². The number of unbranched alkanes of at least 4 members (excludes halogenated alkanes) is 27. The SMILES string of the molecule is CC/C=C\C/C=C\C/C=C\C/C=C\C/C=C\CCCCCC(=O)OC(COC(=O)CCCCCCCCCC)COC(=O)CCCCCCCCCCCCCC/C=C\C/C=C\C/C=C\CCCCCCC. The molecule has 0 aromatic heterocycles. The zero-order valence-electron chi connectivity index (χ0n) is 47.2. The molecule has 0 saturated heterocycles. The monoisotopic (exact) mass is 1000 g/mol. The fraction of sp³-hybridized carbons (Fsp3) is 0.712. The lowest BCUT2D eigenvalue weighted by atomic mass is 10.0. The summed E-state index contributed by atoms with van der Waals surface area (Å²) in [5.41, 5.74) is 0. The Labute approximate surface area is 445 Å². The van der Waals surface area contributed by atoms with Crippen molar-refractivity contribution in [2.45, 2.75) is 290 Å². The van der Waals surface area contributed by atoms with Crippen molar-refractivity contribution in [3.63, 3.8) is 0 Å². The Morgan fingerprint density at radius 1 is 0.292 bits per heavy atom. The first-order chi connectivity index (χ1) is 35.5. The maximum absolute atomic E-state index is 12.8. The number of hydrogen-bond acceptors (Lipinski definition) is 6. The van der Waals surface area contributed by atoms with Crippen LogP contribution < -0.4 is 0 Å². The van der Waals surface area contributed by atoms with Gasteiger partial charge in [-0.1, -0.05) is 259 Å². The molecule has 0 N–H and O–H groups in total. The maximum atomic E-state index is 12.8. The summed E-state index contributed by atoms with van der Waals surface area (Å²) in [5, 5.41) is 0. The van der Waals surface area contributed by atoms with Crippen molar-refractivity contribution in [2.75, 3.05) is 13.2 Å². The fourth-order valence-electron chi connectivity index (χ4n) is 8.30. The van der Waals surface area contributed by atoms with E-state index >= 15 is 0 Å². The molecule has 0 amide bonds. The average Bonchev–Trinajstić information content (AvgIpc) is 3.38. The van der Waals surface area contributed by atoms with Gasteiger partial charge in [0.15, 0.2) is 6.10 Å². The second-order valence-corrected chi connectivity index (χ2v) is 19.9. The van der Waals surface area contributed by atoms with Crippen molar-refractivity contribution in [1.29, 1.82) is 0 Å². The van der Waals surface area contributed by atoms with Crippen molar-refractivity contribution in [3.8, 4) is 0 Å². The number of carbonyl (C=O) groups excluding carboxylic acids is 3. The summed E-state index contributed by atoms with van der Waals surface area (Å²) in [6.45, 7) is 6.47. The predicted molar refractivity (Wildman–Crippen MR) is 311 cm³/mol. The minimum Gasteiger partial charge on any atom is -0.462 e. The summed E-state index contributed by atoms with van der Waals surface area (Å²) in [6, 6.07) is 0. The first-order valence-corrected chi connectivity index (χ1v) is 30.2. The molecule has 0 saturated carbocycles. The van der Waals surface area contributed by atoms with Crippen LogP contribution in [0.15, 0.2) is 97.2 Å². The van der Waals surface area contributed by atoms with Gasteiger partial charge < -0.3 is 14.2 Å². The van der Waals surface area contributed by atoms with Crippen LogP contribution in [-0.4, -0.2) is 37.2 Å². The molecular weight excluding hydrogens is 889 g/mol. The van der Waals surface area contributed by atoms with Gasteiger partial charge in [0.1, 0.15) is 13.2 Å². The van der Waals surface area contributed by atoms with Crippen LogP contribution in [0.5, 0.6) is 0 Å². The molecule has 0 aliphatic carbocycles. The highest BCUT2D eigenvalue weighted by molar-refractivity contribution is 5.71. The summed E-state index contributed by atoms with van der Waals surface area (Å²) >= 11 is 0. The van der Waals surface area contributed by atoms with Crippen molar-refractivity contribution in [3.05, 3.63) is 97.2 Å². The minimum absolute atomic E-state index is 0.0904. The molecule has 6 nitrogen and oxygen atoms in total. The summed E-state index contributed by atoms with van der Waals surface area (Å²) in [7, 11) is 0. The van der Waals surface area contributed by atoms with Gasteiger partial charge in [-0.05, 0) is 103 Å². The lowest BCUT2D eigenvalue weighted by Gasteiger charge is -2.18. The quantitative estimate of drug-likeness (QED) is 0.0261. The van der Waals surface area contributed by atoms with E-state index in [0.717, 1.165) is 109 Å². The van der Waals surface area contributed by atoms with Gasteiger partial charge in [0, 0.05) is 19.3 Å². The number of esters is 3. The summed E-state index contributed by atoms with van der Waals surface area (Å²) in [4.78, 5) is 38.0. The summed E-state index contributed by atoms with van der Waals surface area (Å²) < 4.78 is 16.8. The van der Waals surface area contributed by atoms with Crippen molar-refractivity contribution < 1.29 is 28.6 Å². The van der Waals surface area contributed by atoms with Crippen LogP contribution >= 0.6 is 0 Å². The van der Waals surface area contributed by atoms with Gasteiger partial charge in [0.25, 0.3) is 0 Å². The van der Waals surface area contributed by atoms with Crippen LogP contribution in [-0.2, 0) is 28.6 Å². The number of hydrogen-bond donors (Lipinski definition) is 0. The highest BCUT2D eigenvalue weighted by atomic mass is 16.6. The molecule has 0 spiro atoms. The van der Waals surface area contributed by atoms with Crippen molar-refractivity contribution in [1.82, 2.24) is 0 Å². The molecule has 1 unspecified atom stereocenters. The molecule has 0 heterocycles. The molecule has 0 aromatic carbocycles. The number of carbonyl (C=O) groups is 3. The highest BCUT2D eigenvalue weighted by Gasteiger charge is 2.19. The summed E-state index contributed by atoms with van der Waals surface area (Å²) in [6.07, 6.45) is 79.9. The highest BCUT2D eigenvalue weighted by Crippen LogP contribution is 2.15. The zero-order chi connectivity index (χ0) is 52.2. The van der Waals surface area contributed by atoms with Gasteiger partial charge in [-0.15, -0.1) is 0 Å². The van der Waals surface area contributed by atoms with Crippen LogP contribution in [0.3, 0.4) is 0 Å². The molecule has 0 aliphatic heterocycles. The van der Waals surface area contributed by atoms with Gasteiger partial charge in [-0.3, -0.25) is 14.4 Å². The summed E-state index contributed by atoms with van der Waals surface area (Å²) in [5.74, 6) is -0.925. The molecule has 0 rings (SSSR count). The smallest absolute Gasteiger partial charge is 0.306 e. The Morgan fingerprint density at radius 3 is 0.861 bits per heavy atom. The van der Waals surface area contributed by atoms with E-state index in [-0.39, 0.29) is 37.5 Å². The Morgan fingerprint density at radius 2 is 0.542 bits per heavy atom. The van der Waals surface area contributed by atoms with Gasteiger partial charge in [0.05, 0.1) is 0 Å². The maximum Gasteiger partial charge on any atom is 0.306 e. The molecule has 412 valence electrons. The van der Waals surface area contributed by atoms with Gasteiger partial charge in [-0.25, -0.2) is 0 Å². The van der Waals surface area contributed by atoms with E-state index in [2.05, 4.69) is 118 Å². The number of allylic oxidation sites excluding steroid dienone is 16. The van der Waals surface area contributed by atoms with Gasteiger partial charge in [0.2, 0.25) is 0 Å². The molecule has 0 aromatic rings. The second-order valence-electron chi connectivity index (χ2n) is 19.9. The molecule has 1 atom stereocenters. The first-order valence-electron chi connectivity index (χ1n) is 30.2. The minimum atomic E-state index is -0.794. The topological polar surface area (TPSA) is 78.9 Å². The fourth-order valence-corrected chi connectivity index (χ4v) is 8.30. The second kappa shape index (κ2) is 59.9. The number of rotatable bonds is 54. The molecule has 6 heteroatoms. The Balaban J connectivity index is 4.23. The van der Waals surface area contributed by atoms with E-state index in [1.165, 1.54) is 135 Å². The van der Waals surface area contributed by atoms with E-state index < -0.39 is 6.10 Å². The zero-order valence-corrected chi connectivity index (χ0v) is 47.2. The van der Waals surface area contributed by atoms with Gasteiger partial charge >= 0.3 is 17.9 Å². The van der Waals surface area contributed by atoms with Crippen LogP contribution in [0.25, 0.3) is 0 Å². The molecule has 72 heavy (non-hydrogen) atoms. The molecule has 0 aliphatic rings. The van der Waals surface area contributed by atoms with E-state index in [1.807, 2.05) is 0 Å². The molecule has 0 bridgehead atoms. The largest absolute Gasteiger partial charge is 0.462 e. The predicted octanol–water partition coefficient (Wildman–Crippen LogP) is 20.5. The van der Waals surface area contributed by atoms with Crippen molar-refractivity contribution >= 4 is 17.9 Å². The van der Waals surface area contributed by atoms with E-state index in [4.69, 9.17) is 14.2 Å². The number of ether oxygens (including phenoxy) is 3. The van der Waals surface area contributed by atoms with Gasteiger partial charge in [-0.2, -0.15) is 0 Å². The lowest BCUT2D eigenvalue weighted by molar-refractivity contribution is -0.167. The normalized spacial score (nSPS) is 12.8. The van der Waals surface area contributed by atoms with Crippen molar-refractivity contribution in [2.24, 2.45) is 0 Å². The molecule has 0 radical (unpaired) electrons. The van der Waals surface area contributed by atoms with Crippen LogP contribution in [0.4, 0.5) is 0 Å². The molecular formula is C66H112O6. The first kappa shape index (κ1) is 68.3. The Kier molecular flexibility index (Phi) is 56.8. The third-order valence-corrected chi connectivity index (χ3v) is 12.8. The van der Waals surface area contributed by atoms with Crippen LogP contribution in [0, 0.1) is 0 Å². The van der Waals surface area contributed by atoms with Crippen LogP contribution in [0.2, 0.25) is 0 Å². The lowest BCUT2D eigenvalue weighted by Crippen LogP contribution is -2.30. The molecule has 0 fully saturated rings. The Bertz CT molecular complexity index is 1430. The van der Waals surface area contributed by atoms with Crippen LogP contribution in [0.1, 0.15) is 284 Å².